The molecule has 0 aliphatic carbocycles. The van der Waals surface area contributed by atoms with Crippen LogP contribution < -0.4 is 5.32 Å². The lowest BCUT2D eigenvalue weighted by Gasteiger charge is -2.16. The van der Waals surface area contributed by atoms with E-state index in [2.05, 4.69) is 32.3 Å². The summed E-state index contributed by atoms with van der Waals surface area (Å²) in [4.78, 5) is 0. The molecule has 1 N–H and O–H groups in total. The van der Waals surface area contributed by atoms with E-state index in [1.807, 2.05) is 11.8 Å². The fourth-order valence-electron chi connectivity index (χ4n) is 1.14. The molecule has 1 nitrogen and oxygen atoms in total. The zero-order valence-electron chi connectivity index (χ0n) is 8.89. The molecule has 0 aromatic carbocycles. The van der Waals surface area contributed by atoms with E-state index in [-0.39, 0.29) is 0 Å². The van der Waals surface area contributed by atoms with Crippen LogP contribution in [-0.2, 0) is 0 Å². The quantitative estimate of drug-likeness (QED) is 0.661. The molecule has 0 aliphatic rings. The highest BCUT2D eigenvalue weighted by atomic mass is 32.2. The predicted octanol–water partition coefficient (Wildman–Crippen LogP) is 2.76. The summed E-state index contributed by atoms with van der Waals surface area (Å²) >= 11 is 1.95. The number of hydrogen-bond donors (Lipinski definition) is 1. The van der Waals surface area contributed by atoms with Crippen LogP contribution in [0.15, 0.2) is 0 Å². The number of nitrogens with one attached hydrogen (secondary N) is 1. The van der Waals surface area contributed by atoms with Gasteiger partial charge in [0.25, 0.3) is 0 Å². The van der Waals surface area contributed by atoms with Gasteiger partial charge in [0.15, 0.2) is 0 Å². The fourth-order valence-corrected chi connectivity index (χ4v) is 1.71. The highest BCUT2D eigenvalue weighted by Gasteiger charge is 2.05. The van der Waals surface area contributed by atoms with Crippen molar-refractivity contribution in [2.75, 3.05) is 18.6 Å². The van der Waals surface area contributed by atoms with E-state index < -0.39 is 0 Å². The molecular weight excluding hydrogens is 166 g/mol. The van der Waals surface area contributed by atoms with Crippen LogP contribution in [0, 0.1) is 5.92 Å². The van der Waals surface area contributed by atoms with E-state index >= 15 is 0 Å². The van der Waals surface area contributed by atoms with Crippen molar-refractivity contribution in [1.29, 1.82) is 0 Å². The first-order valence-corrected chi connectivity index (χ1v) is 6.32. The molecule has 0 aromatic rings. The van der Waals surface area contributed by atoms with Crippen LogP contribution in [0.4, 0.5) is 0 Å². The smallest absolute Gasteiger partial charge is 0.00104 e. The summed E-state index contributed by atoms with van der Waals surface area (Å²) in [6, 6.07) is 0.633. The van der Waals surface area contributed by atoms with Crippen molar-refractivity contribution in [2.24, 2.45) is 5.92 Å². The van der Waals surface area contributed by atoms with Crippen molar-refractivity contribution in [3.05, 3.63) is 0 Å². The second-order valence-electron chi connectivity index (χ2n) is 3.62. The van der Waals surface area contributed by atoms with Crippen LogP contribution in [-0.4, -0.2) is 24.6 Å². The van der Waals surface area contributed by atoms with Crippen molar-refractivity contribution >= 4 is 11.8 Å². The first-order valence-electron chi connectivity index (χ1n) is 4.93. The van der Waals surface area contributed by atoms with Gasteiger partial charge in [0.1, 0.15) is 0 Å². The molecule has 2 heteroatoms. The Kier molecular flexibility index (Phi) is 8.14. The number of rotatable bonds is 7. The summed E-state index contributed by atoms with van der Waals surface area (Å²) in [5.41, 5.74) is 0. The van der Waals surface area contributed by atoms with Crippen molar-refractivity contribution in [2.45, 2.75) is 39.7 Å². The molecule has 0 aliphatic heterocycles. The Morgan fingerprint density at radius 3 is 2.42 bits per heavy atom. The third-order valence-electron chi connectivity index (χ3n) is 2.12. The number of thioether (sulfide) groups is 1. The van der Waals surface area contributed by atoms with Gasteiger partial charge in [-0.05, 0) is 30.9 Å². The maximum absolute atomic E-state index is 3.50. The van der Waals surface area contributed by atoms with E-state index in [1.54, 1.807) is 0 Å². The SMILES string of the molecule is CCC(CCSC)CNC(C)C. The minimum absolute atomic E-state index is 0.633. The average molecular weight is 189 g/mol. The largest absolute Gasteiger partial charge is 0.314 e. The van der Waals surface area contributed by atoms with Gasteiger partial charge in [-0.2, -0.15) is 11.8 Å². The minimum Gasteiger partial charge on any atom is -0.314 e. The van der Waals surface area contributed by atoms with E-state index in [9.17, 15) is 0 Å². The summed E-state index contributed by atoms with van der Waals surface area (Å²) in [5, 5.41) is 3.50. The zero-order chi connectivity index (χ0) is 9.40. The third kappa shape index (κ3) is 6.99. The highest BCUT2D eigenvalue weighted by molar-refractivity contribution is 7.98. The molecule has 0 fully saturated rings. The molecule has 74 valence electrons. The summed E-state index contributed by atoms with van der Waals surface area (Å²) in [5.74, 6) is 2.18. The molecule has 1 unspecified atom stereocenters. The third-order valence-corrected chi connectivity index (χ3v) is 2.77. The molecule has 0 radical (unpaired) electrons. The maximum Gasteiger partial charge on any atom is 0.00104 e. The summed E-state index contributed by atoms with van der Waals surface area (Å²) in [6.07, 6.45) is 4.85. The summed E-state index contributed by atoms with van der Waals surface area (Å²) in [6.45, 7) is 7.89. The zero-order valence-corrected chi connectivity index (χ0v) is 9.71. The molecule has 1 atom stereocenters. The first kappa shape index (κ1) is 12.3. The molecule has 0 amide bonds. The maximum atomic E-state index is 3.50. The molecule has 0 aromatic heterocycles. The molecular formula is C10H23NS. The molecule has 0 saturated heterocycles. The second-order valence-corrected chi connectivity index (χ2v) is 4.60. The van der Waals surface area contributed by atoms with Crippen LogP contribution in [0.25, 0.3) is 0 Å². The fraction of sp³-hybridized carbons (Fsp3) is 1.00. The first-order chi connectivity index (χ1) is 5.70. The van der Waals surface area contributed by atoms with Gasteiger partial charge in [0.05, 0.1) is 0 Å². The molecule has 0 bridgehead atoms. The molecule has 0 spiro atoms. The van der Waals surface area contributed by atoms with Crippen LogP contribution in [0.5, 0.6) is 0 Å². The normalized spacial score (nSPS) is 13.8. The van der Waals surface area contributed by atoms with Gasteiger partial charge >= 0.3 is 0 Å². The average Bonchev–Trinajstić information content (AvgIpc) is 2.05. The minimum atomic E-state index is 0.633. The lowest BCUT2D eigenvalue weighted by Crippen LogP contribution is -2.29. The van der Waals surface area contributed by atoms with Gasteiger partial charge < -0.3 is 5.32 Å². The van der Waals surface area contributed by atoms with Crippen molar-refractivity contribution in [3.63, 3.8) is 0 Å². The monoisotopic (exact) mass is 189 g/mol. The van der Waals surface area contributed by atoms with Crippen LogP contribution in [0.3, 0.4) is 0 Å². The van der Waals surface area contributed by atoms with Crippen LogP contribution >= 0.6 is 11.8 Å². The van der Waals surface area contributed by atoms with Gasteiger partial charge in [-0.25, -0.2) is 0 Å². The Morgan fingerprint density at radius 2 is 2.00 bits per heavy atom. The Bertz CT molecular complexity index is 93.8. The Morgan fingerprint density at radius 1 is 1.33 bits per heavy atom. The molecule has 12 heavy (non-hydrogen) atoms. The Labute approximate surface area is 81.7 Å². The van der Waals surface area contributed by atoms with E-state index in [1.165, 1.54) is 25.1 Å². The lowest BCUT2D eigenvalue weighted by atomic mass is 10.0. The second kappa shape index (κ2) is 7.93. The highest BCUT2D eigenvalue weighted by Crippen LogP contribution is 2.10. The summed E-state index contributed by atoms with van der Waals surface area (Å²) < 4.78 is 0. The van der Waals surface area contributed by atoms with E-state index in [4.69, 9.17) is 0 Å². The van der Waals surface area contributed by atoms with Gasteiger partial charge in [-0.15, -0.1) is 0 Å². The van der Waals surface area contributed by atoms with Crippen molar-refractivity contribution < 1.29 is 0 Å². The topological polar surface area (TPSA) is 12.0 Å². The predicted molar refractivity (Wildman–Crippen MR) is 59.9 cm³/mol. The molecule has 0 rings (SSSR count). The van der Waals surface area contributed by atoms with Gasteiger partial charge in [0.2, 0.25) is 0 Å². The summed E-state index contributed by atoms with van der Waals surface area (Å²) in [7, 11) is 0. The Hall–Kier alpha value is 0.310. The Balaban J connectivity index is 3.39. The van der Waals surface area contributed by atoms with Gasteiger partial charge in [-0.1, -0.05) is 27.2 Å². The van der Waals surface area contributed by atoms with Crippen molar-refractivity contribution in [1.82, 2.24) is 5.32 Å². The van der Waals surface area contributed by atoms with Crippen LogP contribution in [0.2, 0.25) is 0 Å². The van der Waals surface area contributed by atoms with Gasteiger partial charge in [0, 0.05) is 6.04 Å². The lowest BCUT2D eigenvalue weighted by molar-refractivity contribution is 0.430. The van der Waals surface area contributed by atoms with Gasteiger partial charge in [-0.3, -0.25) is 0 Å². The van der Waals surface area contributed by atoms with E-state index in [0.29, 0.717) is 6.04 Å². The van der Waals surface area contributed by atoms with Crippen LogP contribution in [0.1, 0.15) is 33.6 Å². The van der Waals surface area contributed by atoms with E-state index in [0.717, 1.165) is 5.92 Å². The molecule has 0 heterocycles. The standard InChI is InChI=1S/C10H23NS/c1-5-10(6-7-12-4)8-11-9(2)3/h9-11H,5-8H2,1-4H3. The van der Waals surface area contributed by atoms with Crippen molar-refractivity contribution in [3.8, 4) is 0 Å². The molecule has 0 saturated carbocycles. The number of hydrogen-bond acceptors (Lipinski definition) is 2.